The molecule has 2 atom stereocenters. The molecule has 3 aromatic rings. The number of nitrogens with one attached hydrogen (secondary N) is 2. The number of hydrogen-bond acceptors (Lipinski definition) is 5. The third kappa shape index (κ3) is 4.00. The monoisotopic (exact) mass is 407 g/mol. The van der Waals surface area contributed by atoms with E-state index in [-0.39, 0.29) is 17.2 Å². The van der Waals surface area contributed by atoms with Crippen LogP contribution in [0.5, 0.6) is 0 Å². The molecule has 0 bridgehead atoms. The maximum atomic E-state index is 13.2. The summed E-state index contributed by atoms with van der Waals surface area (Å²) in [6.45, 7) is 6.22. The van der Waals surface area contributed by atoms with E-state index in [0.717, 1.165) is 29.9 Å². The summed E-state index contributed by atoms with van der Waals surface area (Å²) < 4.78 is 1.91. The zero-order valence-corrected chi connectivity index (χ0v) is 17.7. The van der Waals surface area contributed by atoms with Crippen LogP contribution < -0.4 is 10.7 Å². The van der Waals surface area contributed by atoms with Crippen LogP contribution in [-0.2, 0) is 17.6 Å². The SMILES string of the molecule is CCc1ccc(NC(=O)C2Sc3nnc(CC)n3NC2c2ccc(C)cc2)cc1. The summed E-state index contributed by atoms with van der Waals surface area (Å²) in [5.74, 6) is 0.809. The molecule has 2 aromatic carbocycles. The minimum absolute atomic E-state index is 0.0513. The van der Waals surface area contributed by atoms with E-state index >= 15 is 0 Å². The van der Waals surface area contributed by atoms with Crippen molar-refractivity contribution >= 4 is 23.4 Å². The molecular formula is C22H25N5OS. The largest absolute Gasteiger partial charge is 0.325 e. The first-order chi connectivity index (χ1) is 14.1. The van der Waals surface area contributed by atoms with Gasteiger partial charge in [-0.1, -0.05) is 67.6 Å². The molecule has 1 aliphatic rings. The molecule has 29 heavy (non-hydrogen) atoms. The van der Waals surface area contributed by atoms with Crippen LogP contribution in [0.1, 0.15) is 42.4 Å². The van der Waals surface area contributed by atoms with Gasteiger partial charge in [0.15, 0.2) is 5.82 Å². The number of fused-ring (bicyclic) bond motifs is 1. The van der Waals surface area contributed by atoms with Crippen molar-refractivity contribution in [3.63, 3.8) is 0 Å². The van der Waals surface area contributed by atoms with Crippen molar-refractivity contribution in [1.82, 2.24) is 14.9 Å². The van der Waals surface area contributed by atoms with E-state index in [1.54, 1.807) is 0 Å². The van der Waals surface area contributed by atoms with Crippen LogP contribution in [0.2, 0.25) is 0 Å². The minimum Gasteiger partial charge on any atom is -0.325 e. The van der Waals surface area contributed by atoms with Gasteiger partial charge in [-0.25, -0.2) is 4.68 Å². The Kier molecular flexibility index (Phi) is 5.58. The first kappa shape index (κ1) is 19.5. The number of benzene rings is 2. The zero-order chi connectivity index (χ0) is 20.4. The average Bonchev–Trinajstić information content (AvgIpc) is 3.16. The lowest BCUT2D eigenvalue weighted by Gasteiger charge is -2.33. The Morgan fingerprint density at radius 2 is 1.79 bits per heavy atom. The summed E-state index contributed by atoms with van der Waals surface area (Å²) in [7, 11) is 0. The van der Waals surface area contributed by atoms with Crippen LogP contribution in [0.25, 0.3) is 0 Å². The van der Waals surface area contributed by atoms with Gasteiger partial charge in [-0.15, -0.1) is 10.2 Å². The maximum absolute atomic E-state index is 13.2. The molecule has 0 aliphatic carbocycles. The Hall–Kier alpha value is -2.80. The maximum Gasteiger partial charge on any atom is 0.240 e. The molecule has 150 valence electrons. The highest BCUT2D eigenvalue weighted by Gasteiger charge is 2.37. The van der Waals surface area contributed by atoms with E-state index in [1.165, 1.54) is 22.9 Å². The predicted octanol–water partition coefficient (Wildman–Crippen LogP) is 4.11. The number of nitrogens with zero attached hydrogens (tertiary/aromatic N) is 3. The molecule has 0 saturated heterocycles. The fraction of sp³-hybridized carbons (Fsp3) is 0.318. The summed E-state index contributed by atoms with van der Waals surface area (Å²) >= 11 is 1.45. The molecule has 1 aromatic heterocycles. The smallest absolute Gasteiger partial charge is 0.240 e. The van der Waals surface area contributed by atoms with Crippen molar-refractivity contribution in [2.75, 3.05) is 10.7 Å². The van der Waals surface area contributed by atoms with Gasteiger partial charge < -0.3 is 10.7 Å². The Balaban J connectivity index is 1.63. The molecule has 1 amide bonds. The van der Waals surface area contributed by atoms with E-state index in [4.69, 9.17) is 0 Å². The molecule has 4 rings (SSSR count). The first-order valence-electron chi connectivity index (χ1n) is 9.93. The van der Waals surface area contributed by atoms with Gasteiger partial charge in [0.05, 0.1) is 6.04 Å². The van der Waals surface area contributed by atoms with Crippen molar-refractivity contribution in [2.45, 2.75) is 50.1 Å². The Bertz CT molecular complexity index is 997. The molecule has 1 aliphatic heterocycles. The average molecular weight is 408 g/mol. The number of rotatable bonds is 5. The fourth-order valence-corrected chi connectivity index (χ4v) is 4.49. The van der Waals surface area contributed by atoms with Gasteiger partial charge in [-0.3, -0.25) is 4.79 Å². The lowest BCUT2D eigenvalue weighted by molar-refractivity contribution is -0.116. The van der Waals surface area contributed by atoms with E-state index < -0.39 is 0 Å². The topological polar surface area (TPSA) is 71.8 Å². The van der Waals surface area contributed by atoms with Gasteiger partial charge in [0.1, 0.15) is 5.25 Å². The van der Waals surface area contributed by atoms with Crippen molar-refractivity contribution in [3.05, 3.63) is 71.0 Å². The number of aromatic nitrogens is 3. The molecule has 7 heteroatoms. The summed E-state index contributed by atoms with van der Waals surface area (Å²) in [4.78, 5) is 13.2. The minimum atomic E-state index is -0.370. The highest BCUT2D eigenvalue weighted by atomic mass is 32.2. The van der Waals surface area contributed by atoms with Crippen LogP contribution >= 0.6 is 11.8 Å². The van der Waals surface area contributed by atoms with E-state index in [0.29, 0.717) is 5.16 Å². The number of hydrogen-bond donors (Lipinski definition) is 2. The van der Waals surface area contributed by atoms with Crippen LogP contribution in [0.15, 0.2) is 53.7 Å². The normalized spacial score (nSPS) is 18.0. The molecule has 0 spiro atoms. The van der Waals surface area contributed by atoms with Gasteiger partial charge in [-0.2, -0.15) is 0 Å². The summed E-state index contributed by atoms with van der Waals surface area (Å²) in [6, 6.07) is 16.1. The highest BCUT2D eigenvalue weighted by molar-refractivity contribution is 8.00. The second-order valence-corrected chi connectivity index (χ2v) is 8.29. The van der Waals surface area contributed by atoms with E-state index in [2.05, 4.69) is 59.1 Å². The van der Waals surface area contributed by atoms with Crippen molar-refractivity contribution in [1.29, 1.82) is 0 Å². The van der Waals surface area contributed by atoms with Gasteiger partial charge in [0.25, 0.3) is 0 Å². The summed E-state index contributed by atoms with van der Waals surface area (Å²) in [5.41, 5.74) is 7.77. The fourth-order valence-electron chi connectivity index (χ4n) is 3.39. The highest BCUT2D eigenvalue weighted by Crippen LogP contribution is 2.37. The second kappa shape index (κ2) is 8.29. The molecular weight excluding hydrogens is 382 g/mol. The van der Waals surface area contributed by atoms with E-state index in [1.807, 2.05) is 35.9 Å². The lowest BCUT2D eigenvalue weighted by atomic mass is 10.0. The van der Waals surface area contributed by atoms with Crippen LogP contribution in [0.3, 0.4) is 0 Å². The van der Waals surface area contributed by atoms with Crippen molar-refractivity contribution in [3.8, 4) is 0 Å². The zero-order valence-electron chi connectivity index (χ0n) is 16.8. The Labute approximate surface area is 175 Å². The molecule has 0 fully saturated rings. The van der Waals surface area contributed by atoms with Crippen molar-refractivity contribution in [2.24, 2.45) is 0 Å². The molecule has 2 unspecified atom stereocenters. The number of amides is 1. The van der Waals surface area contributed by atoms with Gasteiger partial charge in [0.2, 0.25) is 11.1 Å². The standard InChI is InChI=1S/C22H25N5OS/c1-4-15-8-12-17(13-9-15)23-21(28)20-19(16-10-6-14(3)7-11-16)26-27-18(5-2)24-25-22(27)29-20/h6-13,19-20,26H,4-5H2,1-3H3,(H,23,28). The quantitative estimate of drug-likeness (QED) is 0.666. The van der Waals surface area contributed by atoms with Crippen LogP contribution in [0, 0.1) is 6.92 Å². The number of aryl methyl sites for hydroxylation is 3. The van der Waals surface area contributed by atoms with Crippen LogP contribution in [-0.4, -0.2) is 26.0 Å². The summed E-state index contributed by atoms with van der Waals surface area (Å²) in [5, 5.41) is 11.9. The molecule has 2 N–H and O–H groups in total. The number of carbonyl (C=O) groups excluding carboxylic acids is 1. The molecule has 2 heterocycles. The van der Waals surface area contributed by atoms with Gasteiger partial charge in [-0.05, 0) is 36.6 Å². The lowest BCUT2D eigenvalue weighted by Crippen LogP contribution is -2.41. The van der Waals surface area contributed by atoms with E-state index in [9.17, 15) is 4.79 Å². The van der Waals surface area contributed by atoms with Crippen molar-refractivity contribution < 1.29 is 4.79 Å². The number of thioether (sulfide) groups is 1. The second-order valence-electron chi connectivity index (χ2n) is 7.18. The van der Waals surface area contributed by atoms with Gasteiger partial charge in [0, 0.05) is 12.1 Å². The Morgan fingerprint density at radius 1 is 1.07 bits per heavy atom. The molecule has 0 radical (unpaired) electrons. The molecule has 6 nitrogen and oxygen atoms in total. The number of anilines is 1. The Morgan fingerprint density at radius 3 is 2.45 bits per heavy atom. The van der Waals surface area contributed by atoms with Gasteiger partial charge >= 0.3 is 0 Å². The molecule has 0 saturated carbocycles. The summed E-state index contributed by atoms with van der Waals surface area (Å²) in [6.07, 6.45) is 1.74. The van der Waals surface area contributed by atoms with Crippen LogP contribution in [0.4, 0.5) is 5.69 Å². The first-order valence-corrected chi connectivity index (χ1v) is 10.8. The third-order valence-electron chi connectivity index (χ3n) is 5.14. The third-order valence-corrected chi connectivity index (χ3v) is 6.36. The number of carbonyl (C=O) groups is 1. The predicted molar refractivity (Wildman–Crippen MR) is 117 cm³/mol.